The highest BCUT2D eigenvalue weighted by molar-refractivity contribution is 5.69. The van der Waals surface area contributed by atoms with E-state index in [2.05, 4.69) is 16.8 Å². The van der Waals surface area contributed by atoms with Crippen molar-refractivity contribution in [2.45, 2.75) is 12.5 Å². The van der Waals surface area contributed by atoms with Gasteiger partial charge in [0.15, 0.2) is 0 Å². The van der Waals surface area contributed by atoms with Crippen molar-refractivity contribution in [2.24, 2.45) is 0 Å². The van der Waals surface area contributed by atoms with Gasteiger partial charge >= 0.3 is 5.97 Å². The summed E-state index contributed by atoms with van der Waals surface area (Å²) in [6.07, 6.45) is 1.26. The van der Waals surface area contributed by atoms with Crippen LogP contribution in [0.15, 0.2) is 0 Å². The molecular weight excluding hydrogens is 206 g/mol. The first-order chi connectivity index (χ1) is 7.65. The summed E-state index contributed by atoms with van der Waals surface area (Å²) in [5, 5.41) is 8.72. The molecule has 0 aromatic rings. The van der Waals surface area contributed by atoms with E-state index in [1.54, 1.807) is 0 Å². The normalized spacial score (nSPS) is 29.7. The molecule has 1 unspecified atom stereocenters. The van der Waals surface area contributed by atoms with Crippen LogP contribution in [0.3, 0.4) is 0 Å². The van der Waals surface area contributed by atoms with E-state index in [-0.39, 0.29) is 6.54 Å². The Morgan fingerprint density at radius 2 is 1.94 bits per heavy atom. The zero-order valence-electron chi connectivity index (χ0n) is 9.93. The third kappa shape index (κ3) is 2.93. The number of aliphatic carboxylic acids is 1. The fourth-order valence-corrected chi connectivity index (χ4v) is 2.69. The van der Waals surface area contributed by atoms with Crippen molar-refractivity contribution < 1.29 is 9.90 Å². The van der Waals surface area contributed by atoms with Crippen molar-refractivity contribution in [2.75, 3.05) is 52.9 Å². The van der Waals surface area contributed by atoms with Gasteiger partial charge in [-0.3, -0.25) is 14.6 Å². The highest BCUT2D eigenvalue weighted by Gasteiger charge is 2.28. The summed E-state index contributed by atoms with van der Waals surface area (Å²) in [5.41, 5.74) is 0. The first-order valence-electron chi connectivity index (χ1n) is 6.02. The van der Waals surface area contributed by atoms with Crippen molar-refractivity contribution in [3.8, 4) is 0 Å². The van der Waals surface area contributed by atoms with Crippen LogP contribution >= 0.6 is 0 Å². The second-order valence-electron chi connectivity index (χ2n) is 4.91. The zero-order chi connectivity index (χ0) is 11.5. The summed E-state index contributed by atoms with van der Waals surface area (Å²) in [7, 11) is 2.17. The molecule has 0 radical (unpaired) electrons. The third-order valence-corrected chi connectivity index (χ3v) is 3.65. The Morgan fingerprint density at radius 3 is 2.44 bits per heavy atom. The monoisotopic (exact) mass is 227 g/mol. The highest BCUT2D eigenvalue weighted by atomic mass is 16.4. The molecule has 5 heteroatoms. The SMILES string of the molecule is CN1CCC(N2CCN(CC(=O)O)CC2)C1. The van der Waals surface area contributed by atoms with Crippen LogP contribution in [0.5, 0.6) is 0 Å². The molecule has 2 rings (SSSR count). The van der Waals surface area contributed by atoms with Crippen LogP contribution in [0, 0.1) is 0 Å². The number of likely N-dealkylation sites (N-methyl/N-ethyl adjacent to an activating group) is 1. The lowest BCUT2D eigenvalue weighted by molar-refractivity contribution is -0.138. The third-order valence-electron chi connectivity index (χ3n) is 3.65. The Bertz CT molecular complexity index is 252. The van der Waals surface area contributed by atoms with Gasteiger partial charge in [-0.2, -0.15) is 0 Å². The summed E-state index contributed by atoms with van der Waals surface area (Å²) in [5.74, 6) is -0.714. The number of carboxylic acid groups (broad SMARTS) is 1. The smallest absolute Gasteiger partial charge is 0.317 e. The molecule has 16 heavy (non-hydrogen) atoms. The molecule has 0 aliphatic carbocycles. The van der Waals surface area contributed by atoms with Crippen LogP contribution in [0.4, 0.5) is 0 Å². The number of carboxylic acids is 1. The molecule has 2 fully saturated rings. The van der Waals surface area contributed by atoms with Crippen LogP contribution < -0.4 is 0 Å². The van der Waals surface area contributed by atoms with Crippen LogP contribution in [0.1, 0.15) is 6.42 Å². The van der Waals surface area contributed by atoms with E-state index in [4.69, 9.17) is 5.11 Å². The quantitative estimate of drug-likeness (QED) is 0.697. The summed E-state index contributed by atoms with van der Waals surface area (Å²) in [6, 6.07) is 0.692. The lowest BCUT2D eigenvalue weighted by atomic mass is 10.2. The molecule has 5 nitrogen and oxygen atoms in total. The molecule has 0 aromatic heterocycles. The van der Waals surface area contributed by atoms with E-state index in [0.717, 1.165) is 26.2 Å². The lowest BCUT2D eigenvalue weighted by Gasteiger charge is -2.37. The van der Waals surface area contributed by atoms with E-state index in [0.29, 0.717) is 6.04 Å². The van der Waals surface area contributed by atoms with Gasteiger partial charge in [0.1, 0.15) is 0 Å². The summed E-state index contributed by atoms with van der Waals surface area (Å²) in [6.45, 7) is 6.38. The number of likely N-dealkylation sites (tertiary alicyclic amines) is 1. The van der Waals surface area contributed by atoms with Gasteiger partial charge in [0.2, 0.25) is 0 Å². The molecule has 1 atom stereocenters. The molecule has 2 saturated heterocycles. The predicted molar refractivity (Wildman–Crippen MR) is 61.6 cm³/mol. The molecule has 0 aromatic carbocycles. The maximum absolute atomic E-state index is 10.6. The minimum absolute atomic E-state index is 0.193. The van der Waals surface area contributed by atoms with Gasteiger partial charge in [-0.1, -0.05) is 0 Å². The maximum Gasteiger partial charge on any atom is 0.317 e. The molecule has 0 amide bonds. The van der Waals surface area contributed by atoms with Gasteiger partial charge in [-0.15, -0.1) is 0 Å². The summed E-state index contributed by atoms with van der Waals surface area (Å²) in [4.78, 5) is 17.5. The second-order valence-corrected chi connectivity index (χ2v) is 4.91. The lowest BCUT2D eigenvalue weighted by Crippen LogP contribution is -2.51. The van der Waals surface area contributed by atoms with E-state index >= 15 is 0 Å². The van der Waals surface area contributed by atoms with Gasteiger partial charge in [0.25, 0.3) is 0 Å². The fourth-order valence-electron chi connectivity index (χ4n) is 2.69. The molecule has 92 valence electrons. The maximum atomic E-state index is 10.6. The number of piperazine rings is 1. The van der Waals surface area contributed by atoms with Crippen molar-refractivity contribution in [3.05, 3.63) is 0 Å². The minimum Gasteiger partial charge on any atom is -0.480 e. The van der Waals surface area contributed by atoms with Gasteiger partial charge in [0, 0.05) is 38.8 Å². The molecule has 2 aliphatic rings. The average molecular weight is 227 g/mol. The average Bonchev–Trinajstić information content (AvgIpc) is 2.65. The Morgan fingerprint density at radius 1 is 1.25 bits per heavy atom. The van der Waals surface area contributed by atoms with Crippen LogP contribution in [0.25, 0.3) is 0 Å². The molecule has 0 spiro atoms. The number of hydrogen-bond donors (Lipinski definition) is 1. The summed E-state index contributed by atoms with van der Waals surface area (Å²) < 4.78 is 0. The van der Waals surface area contributed by atoms with Gasteiger partial charge in [0.05, 0.1) is 6.54 Å². The van der Waals surface area contributed by atoms with E-state index in [9.17, 15) is 4.79 Å². The molecule has 0 bridgehead atoms. The van der Waals surface area contributed by atoms with Gasteiger partial charge in [-0.05, 0) is 20.0 Å². The van der Waals surface area contributed by atoms with Crippen molar-refractivity contribution in [3.63, 3.8) is 0 Å². The van der Waals surface area contributed by atoms with Crippen molar-refractivity contribution in [1.82, 2.24) is 14.7 Å². The van der Waals surface area contributed by atoms with Crippen molar-refractivity contribution in [1.29, 1.82) is 0 Å². The molecule has 1 N–H and O–H groups in total. The predicted octanol–water partition coefficient (Wildman–Crippen LogP) is -0.607. The van der Waals surface area contributed by atoms with Crippen LogP contribution in [0.2, 0.25) is 0 Å². The number of hydrogen-bond acceptors (Lipinski definition) is 4. The Hall–Kier alpha value is -0.650. The van der Waals surface area contributed by atoms with Crippen molar-refractivity contribution >= 4 is 5.97 Å². The molecular formula is C11H21N3O2. The minimum atomic E-state index is -0.714. The largest absolute Gasteiger partial charge is 0.480 e. The van der Waals surface area contributed by atoms with Crippen LogP contribution in [-0.2, 0) is 4.79 Å². The summed E-state index contributed by atoms with van der Waals surface area (Å²) >= 11 is 0. The second kappa shape index (κ2) is 5.12. The van der Waals surface area contributed by atoms with Crippen LogP contribution in [-0.4, -0.2) is 84.7 Å². The van der Waals surface area contributed by atoms with Gasteiger partial charge in [-0.25, -0.2) is 0 Å². The van der Waals surface area contributed by atoms with Gasteiger partial charge < -0.3 is 10.0 Å². The number of rotatable bonds is 3. The Balaban J connectivity index is 1.74. The number of nitrogens with zero attached hydrogens (tertiary/aromatic N) is 3. The highest BCUT2D eigenvalue weighted by Crippen LogP contribution is 2.15. The standard InChI is InChI=1S/C11H21N3O2/c1-12-3-2-10(8-12)14-6-4-13(5-7-14)9-11(15)16/h10H,2-9H2,1H3,(H,15,16). The zero-order valence-corrected chi connectivity index (χ0v) is 9.93. The number of carbonyl (C=O) groups is 1. The van der Waals surface area contributed by atoms with E-state index < -0.39 is 5.97 Å². The molecule has 2 aliphatic heterocycles. The fraction of sp³-hybridized carbons (Fsp3) is 0.909. The topological polar surface area (TPSA) is 47.0 Å². The van der Waals surface area contributed by atoms with E-state index in [1.807, 2.05) is 4.90 Å². The molecule has 2 heterocycles. The Labute approximate surface area is 96.6 Å². The molecule has 0 saturated carbocycles. The first kappa shape index (κ1) is 11.8. The van der Waals surface area contributed by atoms with E-state index in [1.165, 1.54) is 19.5 Å². The Kier molecular flexibility index (Phi) is 3.78. The first-order valence-corrected chi connectivity index (χ1v) is 6.02.